The van der Waals surface area contributed by atoms with Crippen molar-refractivity contribution in [2.75, 3.05) is 17.7 Å². The zero-order chi connectivity index (χ0) is 24.8. The predicted octanol–water partition coefficient (Wildman–Crippen LogP) is 4.89. The summed E-state index contributed by atoms with van der Waals surface area (Å²) in [5, 5.41) is 9.90. The highest BCUT2D eigenvalue weighted by molar-refractivity contribution is 6.31. The van der Waals surface area contributed by atoms with Gasteiger partial charge in [-0.2, -0.15) is 9.97 Å². The number of amides is 1. The van der Waals surface area contributed by atoms with Crippen molar-refractivity contribution in [1.29, 1.82) is 0 Å². The molecule has 3 N–H and O–H groups in total. The largest absolute Gasteiger partial charge is 0.358 e. The number of carbonyl (C=O) groups excluding carboxylic acids is 1. The van der Waals surface area contributed by atoms with Gasteiger partial charge in [-0.3, -0.25) is 9.36 Å². The van der Waals surface area contributed by atoms with Gasteiger partial charge in [0.05, 0.1) is 12.3 Å². The molecule has 0 bridgehead atoms. The zero-order valence-corrected chi connectivity index (χ0v) is 20.6. The Labute approximate surface area is 210 Å². The van der Waals surface area contributed by atoms with E-state index in [4.69, 9.17) is 18.2 Å². The monoisotopic (exact) mass is 492 g/mol. The number of rotatable bonds is 8. The molecule has 3 aromatic rings. The van der Waals surface area contributed by atoms with Gasteiger partial charge in [-0.25, -0.2) is 9.83 Å². The fourth-order valence-electron chi connectivity index (χ4n) is 4.36. The number of benzene rings is 1. The molecule has 1 aliphatic rings. The van der Waals surface area contributed by atoms with Gasteiger partial charge >= 0.3 is 0 Å². The van der Waals surface area contributed by atoms with Crippen LogP contribution in [0.15, 0.2) is 36.8 Å². The van der Waals surface area contributed by atoms with E-state index in [9.17, 15) is 4.79 Å². The molecule has 9 nitrogen and oxygen atoms in total. The fraction of sp³-hybridized carbons (Fsp3) is 0.400. The van der Waals surface area contributed by atoms with Crippen molar-refractivity contribution in [2.24, 2.45) is 5.92 Å². The van der Waals surface area contributed by atoms with E-state index in [0.717, 1.165) is 36.9 Å². The molecule has 0 radical (unpaired) electrons. The van der Waals surface area contributed by atoms with E-state index in [1.54, 1.807) is 31.6 Å². The van der Waals surface area contributed by atoms with Crippen molar-refractivity contribution < 1.29 is 4.79 Å². The van der Waals surface area contributed by atoms with Gasteiger partial charge in [0.15, 0.2) is 5.69 Å². The molecule has 0 unspecified atom stereocenters. The average Bonchev–Trinajstić information content (AvgIpc) is 3.33. The molecule has 1 aromatic carbocycles. The Bertz CT molecular complexity index is 1230. The molecule has 1 atom stereocenters. The van der Waals surface area contributed by atoms with Gasteiger partial charge in [0.25, 0.3) is 0 Å². The normalized spacial score (nSPS) is 14.7. The van der Waals surface area contributed by atoms with Crippen LogP contribution in [0.3, 0.4) is 0 Å². The van der Waals surface area contributed by atoms with E-state index >= 15 is 0 Å². The van der Waals surface area contributed by atoms with Crippen molar-refractivity contribution in [2.45, 2.75) is 51.6 Å². The fourth-order valence-corrected chi connectivity index (χ4v) is 4.61. The van der Waals surface area contributed by atoms with E-state index < -0.39 is 6.04 Å². The van der Waals surface area contributed by atoms with Crippen molar-refractivity contribution in [3.63, 3.8) is 0 Å². The van der Waals surface area contributed by atoms with E-state index in [0.29, 0.717) is 28.3 Å². The summed E-state index contributed by atoms with van der Waals surface area (Å²) in [5.74, 6) is 1.76. The molecule has 2 heterocycles. The molecule has 182 valence electrons. The van der Waals surface area contributed by atoms with Gasteiger partial charge in [-0.15, -0.1) is 0 Å². The van der Waals surface area contributed by atoms with Crippen LogP contribution in [0.1, 0.15) is 43.4 Å². The lowest BCUT2D eigenvalue weighted by Crippen LogP contribution is -2.45. The van der Waals surface area contributed by atoms with Crippen LogP contribution in [0, 0.1) is 19.4 Å². The Morgan fingerprint density at radius 2 is 2.06 bits per heavy atom. The number of hydrogen-bond acceptors (Lipinski definition) is 6. The Hall–Kier alpha value is -3.64. The molecule has 1 amide bonds. The van der Waals surface area contributed by atoms with Crippen LogP contribution in [0.2, 0.25) is 5.02 Å². The molecule has 0 aliphatic heterocycles. The van der Waals surface area contributed by atoms with Gasteiger partial charge in [0.1, 0.15) is 24.0 Å². The first-order chi connectivity index (χ1) is 17.0. The molecule has 2 aromatic heterocycles. The third-order valence-corrected chi connectivity index (χ3v) is 6.59. The minimum atomic E-state index is -0.450. The Kier molecular flexibility index (Phi) is 7.83. The van der Waals surface area contributed by atoms with Crippen LogP contribution >= 0.6 is 11.6 Å². The van der Waals surface area contributed by atoms with Crippen molar-refractivity contribution in [1.82, 2.24) is 24.8 Å². The van der Waals surface area contributed by atoms with E-state index in [1.165, 1.54) is 6.42 Å². The van der Waals surface area contributed by atoms with Crippen LogP contribution in [-0.4, -0.2) is 38.5 Å². The molecular weight excluding hydrogens is 464 g/mol. The summed E-state index contributed by atoms with van der Waals surface area (Å²) >= 11 is 6.32. The SMILES string of the molecule is [C-]#[N+]c1ccc(CNC(=O)[C@H](Nc2cc(-n3cnc(C)c3)nc(NC)n2)C2CCCCC2)c(Cl)c1. The van der Waals surface area contributed by atoms with Gasteiger partial charge < -0.3 is 16.0 Å². The number of hydrogen-bond donors (Lipinski definition) is 3. The summed E-state index contributed by atoms with van der Waals surface area (Å²) in [5.41, 5.74) is 2.12. The molecule has 1 aliphatic carbocycles. The number of aromatic nitrogens is 4. The van der Waals surface area contributed by atoms with Crippen LogP contribution in [0.5, 0.6) is 0 Å². The third-order valence-electron chi connectivity index (χ3n) is 6.24. The van der Waals surface area contributed by atoms with Gasteiger partial charge in [0, 0.05) is 30.9 Å². The number of aryl methyl sites for hydroxylation is 1. The van der Waals surface area contributed by atoms with Gasteiger partial charge in [0.2, 0.25) is 11.9 Å². The van der Waals surface area contributed by atoms with Gasteiger partial charge in [-0.05, 0) is 37.3 Å². The van der Waals surface area contributed by atoms with Crippen molar-refractivity contribution in [3.05, 3.63) is 64.5 Å². The van der Waals surface area contributed by atoms with E-state index in [2.05, 4.69) is 35.7 Å². The lowest BCUT2D eigenvalue weighted by atomic mass is 9.83. The molecular formula is C25H29ClN8O. The van der Waals surface area contributed by atoms with Crippen LogP contribution in [-0.2, 0) is 11.3 Å². The van der Waals surface area contributed by atoms with E-state index in [1.807, 2.05) is 23.8 Å². The maximum absolute atomic E-state index is 13.4. The molecule has 10 heteroatoms. The highest BCUT2D eigenvalue weighted by atomic mass is 35.5. The standard InChI is InChI=1S/C25H29ClN8O/c1-16-14-34(15-30-16)22-12-21(32-25(28-3)33-22)31-23(17-7-5-4-6-8-17)24(35)29-13-18-9-10-19(27-2)11-20(18)26/h9-12,14-15,17,23H,4-8,13H2,1,3H3,(H,29,35)(H2,28,31,32,33)/t23-/m1/s1. The molecule has 0 saturated heterocycles. The number of carbonyl (C=O) groups is 1. The number of halogens is 1. The number of imidazole rings is 1. The minimum absolute atomic E-state index is 0.105. The van der Waals surface area contributed by atoms with Crippen LogP contribution in [0.4, 0.5) is 17.5 Å². The van der Waals surface area contributed by atoms with Crippen LogP contribution in [0.25, 0.3) is 10.7 Å². The quantitative estimate of drug-likeness (QED) is 0.387. The lowest BCUT2D eigenvalue weighted by Gasteiger charge is -2.30. The van der Waals surface area contributed by atoms with Crippen LogP contribution < -0.4 is 16.0 Å². The minimum Gasteiger partial charge on any atom is -0.358 e. The maximum Gasteiger partial charge on any atom is 0.243 e. The summed E-state index contributed by atoms with van der Waals surface area (Å²) in [7, 11) is 1.76. The smallest absolute Gasteiger partial charge is 0.243 e. The zero-order valence-electron chi connectivity index (χ0n) is 19.9. The first-order valence-electron chi connectivity index (χ1n) is 11.7. The number of nitrogens with one attached hydrogen (secondary N) is 3. The second kappa shape index (κ2) is 11.2. The topological polar surface area (TPSA) is 101 Å². The molecule has 4 rings (SSSR count). The highest BCUT2D eigenvalue weighted by Crippen LogP contribution is 2.29. The first kappa shape index (κ1) is 24.5. The average molecular weight is 493 g/mol. The number of anilines is 2. The van der Waals surface area contributed by atoms with Crippen molar-refractivity contribution >= 4 is 35.0 Å². The molecule has 1 fully saturated rings. The van der Waals surface area contributed by atoms with Crippen molar-refractivity contribution in [3.8, 4) is 5.82 Å². The van der Waals surface area contributed by atoms with E-state index in [-0.39, 0.29) is 18.4 Å². The Morgan fingerprint density at radius 1 is 1.26 bits per heavy atom. The molecule has 1 saturated carbocycles. The molecule has 0 spiro atoms. The number of nitrogens with zero attached hydrogens (tertiary/aromatic N) is 5. The first-order valence-corrected chi connectivity index (χ1v) is 12.1. The summed E-state index contributed by atoms with van der Waals surface area (Å²) < 4.78 is 1.83. The molecule has 35 heavy (non-hydrogen) atoms. The summed E-state index contributed by atoms with van der Waals surface area (Å²) in [6, 6.07) is 6.48. The Morgan fingerprint density at radius 3 is 2.71 bits per heavy atom. The Balaban J connectivity index is 1.56. The summed E-state index contributed by atoms with van der Waals surface area (Å²) in [6.07, 6.45) is 8.94. The second-order valence-corrected chi connectivity index (χ2v) is 9.14. The third kappa shape index (κ3) is 6.08. The lowest BCUT2D eigenvalue weighted by molar-refractivity contribution is -0.123. The predicted molar refractivity (Wildman–Crippen MR) is 137 cm³/mol. The summed E-state index contributed by atoms with van der Waals surface area (Å²) in [6.45, 7) is 9.33. The highest BCUT2D eigenvalue weighted by Gasteiger charge is 2.30. The summed E-state index contributed by atoms with van der Waals surface area (Å²) in [4.78, 5) is 30.2. The van der Waals surface area contributed by atoms with Gasteiger partial charge in [-0.1, -0.05) is 43.0 Å². The maximum atomic E-state index is 13.4. The second-order valence-electron chi connectivity index (χ2n) is 8.73.